The molecule has 1 amide bonds. The molecule has 0 aromatic carbocycles. The Kier molecular flexibility index (Phi) is 4.19. The number of carbonyl (C=O) groups is 1. The van der Waals surface area contributed by atoms with E-state index in [9.17, 15) is 4.79 Å². The zero-order valence-electron chi connectivity index (χ0n) is 13.7. The van der Waals surface area contributed by atoms with Crippen molar-refractivity contribution >= 4 is 22.6 Å². The summed E-state index contributed by atoms with van der Waals surface area (Å²) < 4.78 is 5.44. The Morgan fingerprint density at radius 3 is 2.52 bits per heavy atom. The number of nitrogens with zero attached hydrogens (tertiary/aromatic N) is 2. The maximum Gasteiger partial charge on any atom is 0.410 e. The topological polar surface area (TPSA) is 54.5 Å². The molecule has 1 aliphatic heterocycles. The maximum absolute atomic E-state index is 12.1. The Bertz CT molecular complexity index is 526. The molecule has 0 atom stereocenters. The first-order valence-electron chi connectivity index (χ1n) is 7.28. The molecule has 1 aliphatic rings. The highest BCUT2D eigenvalue weighted by Gasteiger charge is 2.28. The molecule has 0 spiro atoms. The normalized spacial score (nSPS) is 15.6. The average molecular weight is 311 g/mol. The van der Waals surface area contributed by atoms with Gasteiger partial charge in [0.1, 0.15) is 5.60 Å². The fourth-order valence-electron chi connectivity index (χ4n) is 2.05. The summed E-state index contributed by atoms with van der Waals surface area (Å²) in [6, 6.07) is 0. The van der Waals surface area contributed by atoms with Gasteiger partial charge in [0.25, 0.3) is 0 Å². The molecule has 1 N–H and O–H groups in total. The summed E-state index contributed by atoms with van der Waals surface area (Å²) in [6.45, 7) is 13.3. The molecule has 0 saturated carbocycles. The number of hydrogen-bond donors (Lipinski definition) is 1. The van der Waals surface area contributed by atoms with Gasteiger partial charge in [0, 0.05) is 23.4 Å². The van der Waals surface area contributed by atoms with E-state index in [-0.39, 0.29) is 11.6 Å². The largest absolute Gasteiger partial charge is 0.444 e. The van der Waals surface area contributed by atoms with Gasteiger partial charge in [-0.1, -0.05) is 11.3 Å². The zero-order valence-corrected chi connectivity index (χ0v) is 14.6. The Hall–Kier alpha value is -1.30. The number of carbonyl (C=O) groups excluding carboxylic acids is 1. The number of thiazole rings is 1. The summed E-state index contributed by atoms with van der Waals surface area (Å²) in [5.41, 5.74) is 0.640. The monoisotopic (exact) mass is 311 g/mol. The van der Waals surface area contributed by atoms with Crippen molar-refractivity contribution < 1.29 is 9.53 Å². The van der Waals surface area contributed by atoms with Gasteiger partial charge in [-0.3, -0.25) is 0 Å². The first-order chi connectivity index (χ1) is 9.53. The van der Waals surface area contributed by atoms with Crippen LogP contribution in [0.25, 0.3) is 0 Å². The van der Waals surface area contributed by atoms with Gasteiger partial charge in [-0.05, 0) is 41.5 Å². The van der Waals surface area contributed by atoms with Gasteiger partial charge in [-0.25, -0.2) is 9.78 Å². The van der Waals surface area contributed by atoms with Gasteiger partial charge in [-0.2, -0.15) is 0 Å². The highest BCUT2D eigenvalue weighted by Crippen LogP contribution is 2.30. The first kappa shape index (κ1) is 16.1. The number of ether oxygens (including phenoxy) is 1. The van der Waals surface area contributed by atoms with Crippen LogP contribution in [0.3, 0.4) is 0 Å². The molecule has 1 aromatic rings. The molecule has 6 heteroatoms. The van der Waals surface area contributed by atoms with Crippen molar-refractivity contribution in [3.63, 3.8) is 0 Å². The van der Waals surface area contributed by atoms with Crippen molar-refractivity contribution in [1.29, 1.82) is 0 Å². The molecule has 1 aromatic heterocycles. The van der Waals surface area contributed by atoms with Gasteiger partial charge >= 0.3 is 6.09 Å². The quantitative estimate of drug-likeness (QED) is 0.860. The summed E-state index contributed by atoms with van der Waals surface area (Å²) >= 11 is 1.63. The second-order valence-electron chi connectivity index (χ2n) is 7.42. The van der Waals surface area contributed by atoms with E-state index < -0.39 is 5.60 Å². The van der Waals surface area contributed by atoms with Gasteiger partial charge < -0.3 is 15.0 Å². The molecule has 0 aliphatic carbocycles. The van der Waals surface area contributed by atoms with E-state index in [0.717, 1.165) is 22.1 Å². The third-order valence-electron chi connectivity index (χ3n) is 2.86. The van der Waals surface area contributed by atoms with Crippen molar-refractivity contribution in [3.8, 4) is 0 Å². The minimum atomic E-state index is -0.454. The summed E-state index contributed by atoms with van der Waals surface area (Å²) in [4.78, 5) is 19.7. The summed E-state index contributed by atoms with van der Waals surface area (Å²) in [5, 5.41) is 4.32. The number of aromatic nitrogens is 1. The van der Waals surface area contributed by atoms with E-state index in [1.54, 1.807) is 16.2 Å². The lowest BCUT2D eigenvalue weighted by atomic mass is 10.1. The van der Waals surface area contributed by atoms with Gasteiger partial charge in [0.2, 0.25) is 0 Å². The highest BCUT2D eigenvalue weighted by molar-refractivity contribution is 7.15. The number of fused-ring (bicyclic) bond motifs is 1. The summed E-state index contributed by atoms with van der Waals surface area (Å²) in [5.74, 6) is 0. The molecule has 0 saturated heterocycles. The lowest BCUT2D eigenvalue weighted by Crippen LogP contribution is -2.39. The molecule has 0 fully saturated rings. The predicted octanol–water partition coefficient (Wildman–Crippen LogP) is 3.65. The van der Waals surface area contributed by atoms with Crippen LogP contribution in [-0.2, 0) is 17.7 Å². The molecule has 5 nitrogen and oxygen atoms in total. The van der Waals surface area contributed by atoms with E-state index >= 15 is 0 Å². The number of hydrogen-bond acceptors (Lipinski definition) is 5. The predicted molar refractivity (Wildman–Crippen MR) is 85.8 cm³/mol. The number of nitrogens with one attached hydrogen (secondary N) is 1. The summed E-state index contributed by atoms with van der Waals surface area (Å²) in [7, 11) is 0. The van der Waals surface area contributed by atoms with Crippen molar-refractivity contribution in [2.45, 2.75) is 65.6 Å². The third-order valence-corrected chi connectivity index (χ3v) is 3.86. The average Bonchev–Trinajstić information content (AvgIpc) is 2.64. The second kappa shape index (κ2) is 5.48. The van der Waals surface area contributed by atoms with Crippen LogP contribution in [0.2, 0.25) is 0 Å². The van der Waals surface area contributed by atoms with Gasteiger partial charge in [0.15, 0.2) is 5.13 Å². The van der Waals surface area contributed by atoms with E-state index in [0.29, 0.717) is 13.1 Å². The third kappa shape index (κ3) is 4.59. The molecule has 118 valence electrons. The second-order valence-corrected chi connectivity index (χ2v) is 8.50. The Balaban J connectivity index is 2.05. The van der Waals surface area contributed by atoms with Crippen molar-refractivity contribution in [1.82, 2.24) is 9.88 Å². The van der Waals surface area contributed by atoms with Crippen molar-refractivity contribution in [2.75, 3.05) is 11.9 Å². The molecule has 0 radical (unpaired) electrons. The smallest absolute Gasteiger partial charge is 0.410 e. The van der Waals surface area contributed by atoms with Crippen LogP contribution in [0, 0.1) is 0 Å². The molecular weight excluding hydrogens is 286 g/mol. The van der Waals surface area contributed by atoms with Crippen LogP contribution in [0.5, 0.6) is 0 Å². The van der Waals surface area contributed by atoms with Crippen molar-refractivity contribution in [3.05, 3.63) is 10.6 Å². The van der Waals surface area contributed by atoms with Gasteiger partial charge in [0.05, 0.1) is 12.2 Å². The van der Waals surface area contributed by atoms with E-state index in [1.807, 2.05) is 20.8 Å². The van der Waals surface area contributed by atoms with Crippen LogP contribution in [0.15, 0.2) is 0 Å². The Morgan fingerprint density at radius 2 is 1.95 bits per heavy atom. The van der Waals surface area contributed by atoms with Gasteiger partial charge in [-0.15, -0.1) is 0 Å². The molecule has 0 bridgehead atoms. The van der Waals surface area contributed by atoms with Crippen LogP contribution in [0.1, 0.15) is 52.1 Å². The van der Waals surface area contributed by atoms with Crippen LogP contribution >= 0.6 is 11.3 Å². The van der Waals surface area contributed by atoms with E-state index in [1.165, 1.54) is 0 Å². The maximum atomic E-state index is 12.1. The number of anilines is 1. The lowest BCUT2D eigenvalue weighted by Gasteiger charge is -2.29. The zero-order chi connectivity index (χ0) is 15.8. The van der Waals surface area contributed by atoms with Crippen molar-refractivity contribution in [2.24, 2.45) is 0 Å². The van der Waals surface area contributed by atoms with Crippen LogP contribution < -0.4 is 5.32 Å². The van der Waals surface area contributed by atoms with E-state index in [4.69, 9.17) is 4.74 Å². The lowest BCUT2D eigenvalue weighted by molar-refractivity contribution is 0.0225. The molecule has 2 heterocycles. The minimum absolute atomic E-state index is 0.00863. The number of amides is 1. The van der Waals surface area contributed by atoms with E-state index in [2.05, 4.69) is 31.1 Å². The fourth-order valence-corrected chi connectivity index (χ4v) is 3.28. The SMILES string of the molecule is CC(C)(C)Nc1nc2c(s1)CN(C(=O)OC(C)(C)C)CC2. The fraction of sp³-hybridized carbons (Fsp3) is 0.733. The number of rotatable bonds is 1. The Labute approximate surface area is 130 Å². The standard InChI is InChI=1S/C15H25N3O2S/c1-14(2,3)17-12-16-10-7-8-18(9-11(10)21-12)13(19)20-15(4,5)6/h7-9H2,1-6H3,(H,16,17). The highest BCUT2D eigenvalue weighted by atomic mass is 32.1. The summed E-state index contributed by atoms with van der Waals surface area (Å²) in [6.07, 6.45) is 0.545. The van der Waals surface area contributed by atoms with Crippen LogP contribution in [-0.4, -0.2) is 33.7 Å². The Morgan fingerprint density at radius 1 is 1.29 bits per heavy atom. The first-order valence-corrected chi connectivity index (χ1v) is 8.10. The molecular formula is C15H25N3O2S. The molecule has 0 unspecified atom stereocenters. The minimum Gasteiger partial charge on any atom is -0.444 e. The molecule has 2 rings (SSSR count). The molecule has 21 heavy (non-hydrogen) atoms. The van der Waals surface area contributed by atoms with Crippen LogP contribution in [0.4, 0.5) is 9.93 Å².